The van der Waals surface area contributed by atoms with Gasteiger partial charge in [-0.25, -0.2) is 0 Å². The van der Waals surface area contributed by atoms with Crippen LogP contribution in [0.1, 0.15) is 0 Å². The number of nitrogens with zero attached hydrogens (tertiary/aromatic N) is 4. The standard InChI is InChI=1S/2C9H11N2.Pd/c2*1-10-7-11(2)9-6-4-3-5-8(9)10;/h2*3-7H,1-2H3;/q2*-1;+2. The van der Waals surface area contributed by atoms with Crippen molar-refractivity contribution < 1.29 is 20.4 Å². The molecule has 0 bridgehead atoms. The fraction of sp³-hybridized carbons (Fsp3) is 0.222. The summed E-state index contributed by atoms with van der Waals surface area (Å²) in [6.45, 7) is 4.15. The van der Waals surface area contributed by atoms with Crippen LogP contribution in [0.5, 0.6) is 0 Å². The van der Waals surface area contributed by atoms with Gasteiger partial charge >= 0.3 is 20.4 Å². The first-order chi connectivity index (χ1) is 10.6. The molecule has 23 heavy (non-hydrogen) atoms. The molecule has 0 unspecified atom stereocenters. The zero-order valence-corrected chi connectivity index (χ0v) is 15.4. The Labute approximate surface area is 152 Å². The first-order valence-corrected chi connectivity index (χ1v) is 7.37. The molecular formula is C18H22N4Pd. The van der Waals surface area contributed by atoms with E-state index in [0.29, 0.717) is 0 Å². The van der Waals surface area contributed by atoms with E-state index in [-0.39, 0.29) is 20.4 Å². The van der Waals surface area contributed by atoms with Crippen molar-refractivity contribution in [3.05, 3.63) is 61.9 Å². The summed E-state index contributed by atoms with van der Waals surface area (Å²) in [5, 5.41) is 0. The molecule has 0 fully saturated rings. The van der Waals surface area contributed by atoms with Crippen LogP contribution in [0.4, 0.5) is 22.7 Å². The Morgan fingerprint density at radius 2 is 0.739 bits per heavy atom. The van der Waals surface area contributed by atoms with Gasteiger partial charge in [0.05, 0.1) is 0 Å². The van der Waals surface area contributed by atoms with Gasteiger partial charge in [-0.05, 0) is 52.5 Å². The number of hydrogen-bond donors (Lipinski definition) is 0. The van der Waals surface area contributed by atoms with Gasteiger partial charge in [0.2, 0.25) is 0 Å². The molecule has 2 aromatic carbocycles. The quantitative estimate of drug-likeness (QED) is 0.496. The van der Waals surface area contributed by atoms with Crippen LogP contribution in [-0.2, 0) is 20.4 Å². The van der Waals surface area contributed by atoms with E-state index in [0.717, 1.165) is 0 Å². The Morgan fingerprint density at radius 3 is 0.957 bits per heavy atom. The number of hydrogen-bond acceptors (Lipinski definition) is 4. The van der Waals surface area contributed by atoms with E-state index >= 15 is 0 Å². The summed E-state index contributed by atoms with van der Waals surface area (Å²) in [5.74, 6) is 0. The molecule has 0 N–H and O–H groups in total. The number of anilines is 4. The van der Waals surface area contributed by atoms with Gasteiger partial charge in [0.15, 0.2) is 0 Å². The minimum Gasteiger partial charge on any atom is -0.504 e. The first kappa shape index (κ1) is 17.7. The predicted octanol–water partition coefficient (Wildman–Crippen LogP) is 3.38. The summed E-state index contributed by atoms with van der Waals surface area (Å²) < 4.78 is 0. The Bertz CT molecular complexity index is 549. The van der Waals surface area contributed by atoms with Crippen molar-refractivity contribution >= 4 is 22.7 Å². The van der Waals surface area contributed by atoms with Gasteiger partial charge in [0.1, 0.15) is 0 Å². The molecule has 0 saturated heterocycles. The van der Waals surface area contributed by atoms with Gasteiger partial charge in [0.25, 0.3) is 0 Å². The van der Waals surface area contributed by atoms with Crippen molar-refractivity contribution in [1.29, 1.82) is 0 Å². The van der Waals surface area contributed by atoms with Crippen molar-refractivity contribution in [3.8, 4) is 0 Å². The Hall–Kier alpha value is -1.70. The predicted molar refractivity (Wildman–Crippen MR) is 95.1 cm³/mol. The smallest absolute Gasteiger partial charge is 0.504 e. The number of fused-ring (bicyclic) bond motifs is 2. The van der Waals surface area contributed by atoms with Gasteiger partial charge in [-0.3, -0.25) is 0 Å². The summed E-state index contributed by atoms with van der Waals surface area (Å²) in [5.41, 5.74) is 5.09. The second-order valence-corrected chi connectivity index (χ2v) is 5.65. The van der Waals surface area contributed by atoms with Crippen molar-refractivity contribution in [2.24, 2.45) is 0 Å². The van der Waals surface area contributed by atoms with Crippen LogP contribution in [0.2, 0.25) is 0 Å². The van der Waals surface area contributed by atoms with E-state index < -0.39 is 0 Å². The van der Waals surface area contributed by atoms with E-state index in [9.17, 15) is 0 Å². The monoisotopic (exact) mass is 400 g/mol. The van der Waals surface area contributed by atoms with E-state index in [1.54, 1.807) is 0 Å². The third-order valence-electron chi connectivity index (χ3n) is 3.98. The summed E-state index contributed by atoms with van der Waals surface area (Å²) in [7, 11) is 8.23. The van der Waals surface area contributed by atoms with Crippen molar-refractivity contribution in [1.82, 2.24) is 0 Å². The normalized spacial score (nSPS) is 14.8. The maximum absolute atomic E-state index is 2.12. The van der Waals surface area contributed by atoms with Gasteiger partial charge in [-0.1, -0.05) is 24.3 Å². The second-order valence-electron chi connectivity index (χ2n) is 5.65. The van der Waals surface area contributed by atoms with Crippen molar-refractivity contribution in [2.75, 3.05) is 47.8 Å². The SMILES string of the molecule is CN1[CH-]N(C)c2ccccc21.CN1[CH-]N(C)c2ccccc21.[Pd+2]. The largest absolute Gasteiger partial charge is 2.00 e. The number of para-hydroxylation sites is 4. The molecule has 124 valence electrons. The van der Waals surface area contributed by atoms with Gasteiger partial charge in [-0.15, -0.1) is 0 Å². The van der Waals surface area contributed by atoms with E-state index in [2.05, 4.69) is 110 Å². The number of rotatable bonds is 0. The molecule has 0 amide bonds. The molecule has 2 aromatic rings. The molecule has 0 spiro atoms. The minimum absolute atomic E-state index is 0. The summed E-state index contributed by atoms with van der Waals surface area (Å²) in [4.78, 5) is 8.48. The van der Waals surface area contributed by atoms with Gasteiger partial charge in [-0.2, -0.15) is 13.3 Å². The summed E-state index contributed by atoms with van der Waals surface area (Å²) in [6, 6.07) is 16.7. The van der Waals surface area contributed by atoms with Crippen LogP contribution in [0.25, 0.3) is 0 Å². The average Bonchev–Trinajstić information content (AvgIpc) is 2.99. The third-order valence-corrected chi connectivity index (χ3v) is 3.98. The molecule has 0 radical (unpaired) electrons. The molecule has 0 aliphatic carbocycles. The van der Waals surface area contributed by atoms with Crippen LogP contribution in [-0.4, -0.2) is 28.2 Å². The topological polar surface area (TPSA) is 13.0 Å². The fourth-order valence-electron chi connectivity index (χ4n) is 2.89. The van der Waals surface area contributed by atoms with Crippen LogP contribution in [0.3, 0.4) is 0 Å². The zero-order chi connectivity index (χ0) is 15.7. The van der Waals surface area contributed by atoms with Gasteiger partial charge in [0, 0.05) is 22.7 Å². The maximum Gasteiger partial charge on any atom is 2.00 e. The Balaban J connectivity index is 0.000000160. The van der Waals surface area contributed by atoms with E-state index in [4.69, 9.17) is 0 Å². The summed E-state index contributed by atoms with van der Waals surface area (Å²) in [6.07, 6.45) is 0. The van der Waals surface area contributed by atoms with Gasteiger partial charge < -0.3 is 19.6 Å². The summed E-state index contributed by atoms with van der Waals surface area (Å²) >= 11 is 0. The van der Waals surface area contributed by atoms with Crippen LogP contribution >= 0.6 is 0 Å². The third kappa shape index (κ3) is 3.47. The van der Waals surface area contributed by atoms with Crippen LogP contribution in [0, 0.1) is 13.3 Å². The molecule has 5 heteroatoms. The molecule has 0 saturated carbocycles. The average molecular weight is 401 g/mol. The van der Waals surface area contributed by atoms with Crippen LogP contribution in [0.15, 0.2) is 48.5 Å². The zero-order valence-electron chi connectivity index (χ0n) is 13.9. The Morgan fingerprint density at radius 1 is 0.522 bits per heavy atom. The molecular weight excluding hydrogens is 379 g/mol. The number of benzene rings is 2. The molecule has 2 aliphatic rings. The molecule has 2 heterocycles. The van der Waals surface area contributed by atoms with Crippen LogP contribution < -0.4 is 19.6 Å². The molecule has 0 atom stereocenters. The first-order valence-electron chi connectivity index (χ1n) is 7.37. The molecule has 4 rings (SSSR count). The van der Waals surface area contributed by atoms with E-state index in [1.165, 1.54) is 22.7 Å². The fourth-order valence-corrected chi connectivity index (χ4v) is 2.89. The molecule has 2 aliphatic heterocycles. The van der Waals surface area contributed by atoms with Crippen molar-refractivity contribution in [3.63, 3.8) is 0 Å². The molecule has 4 nitrogen and oxygen atoms in total. The minimum atomic E-state index is 0. The van der Waals surface area contributed by atoms with Crippen molar-refractivity contribution in [2.45, 2.75) is 0 Å². The second kappa shape index (κ2) is 7.25. The Kier molecular flexibility index (Phi) is 5.56. The van der Waals surface area contributed by atoms with E-state index in [1.807, 2.05) is 0 Å². The molecule has 0 aromatic heterocycles. The maximum atomic E-state index is 2.12.